The molecule has 0 aliphatic heterocycles. The molecular weight excluding hydrogens is 280 g/mol. The maximum Gasteiger partial charge on any atom is 0.307 e. The maximum absolute atomic E-state index is 12.2. The largest absolute Gasteiger partial charge is 0.481 e. The van der Waals surface area contributed by atoms with Crippen molar-refractivity contribution in [3.05, 3.63) is 29.3 Å². The number of aliphatic hydroxyl groups is 1. The predicted octanol–water partition coefficient (Wildman–Crippen LogP) is 1.42. The number of aliphatic hydroxyl groups excluding tert-OH is 1. The van der Waals surface area contributed by atoms with Gasteiger partial charge < -0.3 is 10.2 Å². The van der Waals surface area contributed by atoms with E-state index in [1.807, 2.05) is 0 Å². The standard InChI is InChI=1S/C14H20O5S/c1-10(2)20(18,19)13-7-11(4-3-5-15)6-12(8-13)9-14(16)17/h6-8,10,15H,3-5,9H2,1-2H3,(H,16,17). The van der Waals surface area contributed by atoms with Crippen molar-refractivity contribution in [2.75, 3.05) is 6.61 Å². The summed E-state index contributed by atoms with van der Waals surface area (Å²) in [6.45, 7) is 3.19. The lowest BCUT2D eigenvalue weighted by Crippen LogP contribution is -2.15. The van der Waals surface area contributed by atoms with Crippen LogP contribution in [0.3, 0.4) is 0 Å². The number of benzene rings is 1. The van der Waals surface area contributed by atoms with E-state index in [2.05, 4.69) is 0 Å². The minimum Gasteiger partial charge on any atom is -0.481 e. The van der Waals surface area contributed by atoms with E-state index in [-0.39, 0.29) is 17.9 Å². The smallest absolute Gasteiger partial charge is 0.307 e. The number of hydrogen-bond acceptors (Lipinski definition) is 4. The van der Waals surface area contributed by atoms with Crippen molar-refractivity contribution < 1.29 is 23.4 Å². The van der Waals surface area contributed by atoms with E-state index in [1.54, 1.807) is 26.0 Å². The first-order chi connectivity index (χ1) is 9.27. The van der Waals surface area contributed by atoms with Crippen molar-refractivity contribution in [1.29, 1.82) is 0 Å². The summed E-state index contributed by atoms with van der Waals surface area (Å²) in [5.74, 6) is -1.00. The topological polar surface area (TPSA) is 91.7 Å². The zero-order valence-electron chi connectivity index (χ0n) is 11.7. The zero-order valence-corrected chi connectivity index (χ0v) is 12.5. The SMILES string of the molecule is CC(C)S(=O)(=O)c1cc(CCCO)cc(CC(=O)O)c1. The lowest BCUT2D eigenvalue weighted by Gasteiger charge is -2.12. The molecule has 0 atom stereocenters. The van der Waals surface area contributed by atoms with Crippen molar-refractivity contribution in [3.8, 4) is 0 Å². The van der Waals surface area contributed by atoms with Gasteiger partial charge >= 0.3 is 5.97 Å². The zero-order chi connectivity index (χ0) is 15.3. The number of aliphatic carboxylic acids is 1. The van der Waals surface area contributed by atoms with Gasteiger partial charge in [-0.1, -0.05) is 6.07 Å². The summed E-state index contributed by atoms with van der Waals surface area (Å²) >= 11 is 0. The van der Waals surface area contributed by atoms with Crippen LogP contribution in [0.5, 0.6) is 0 Å². The van der Waals surface area contributed by atoms with E-state index in [0.29, 0.717) is 18.4 Å². The highest BCUT2D eigenvalue weighted by molar-refractivity contribution is 7.92. The quantitative estimate of drug-likeness (QED) is 0.794. The number of rotatable bonds is 7. The molecule has 0 saturated carbocycles. The Labute approximate surface area is 119 Å². The molecule has 0 heterocycles. The highest BCUT2D eigenvalue weighted by atomic mass is 32.2. The highest BCUT2D eigenvalue weighted by Crippen LogP contribution is 2.21. The molecule has 20 heavy (non-hydrogen) atoms. The average Bonchev–Trinajstić information content (AvgIpc) is 2.35. The minimum atomic E-state index is -3.44. The van der Waals surface area contributed by atoms with Crippen LogP contribution in [-0.2, 0) is 27.5 Å². The Bertz CT molecular complexity index is 575. The molecule has 0 aromatic heterocycles. The molecule has 0 fully saturated rings. The molecule has 0 aliphatic carbocycles. The van der Waals surface area contributed by atoms with E-state index in [4.69, 9.17) is 10.2 Å². The number of carboxylic acids is 1. The van der Waals surface area contributed by atoms with Gasteiger partial charge in [0.1, 0.15) is 0 Å². The van der Waals surface area contributed by atoms with E-state index >= 15 is 0 Å². The van der Waals surface area contributed by atoms with Crippen LogP contribution in [0, 0.1) is 0 Å². The van der Waals surface area contributed by atoms with Crippen LogP contribution in [-0.4, -0.2) is 36.5 Å². The van der Waals surface area contributed by atoms with Gasteiger partial charge in [-0.25, -0.2) is 8.42 Å². The van der Waals surface area contributed by atoms with Gasteiger partial charge in [0.15, 0.2) is 9.84 Å². The summed E-state index contributed by atoms with van der Waals surface area (Å²) in [5, 5.41) is 17.1. The fraction of sp³-hybridized carbons (Fsp3) is 0.500. The summed E-state index contributed by atoms with van der Waals surface area (Å²) in [7, 11) is -3.44. The summed E-state index contributed by atoms with van der Waals surface area (Å²) in [6.07, 6.45) is 0.815. The normalized spacial score (nSPS) is 11.8. The molecule has 112 valence electrons. The molecule has 0 radical (unpaired) electrons. The fourth-order valence-electron chi connectivity index (χ4n) is 1.87. The lowest BCUT2D eigenvalue weighted by atomic mass is 10.0. The number of sulfone groups is 1. The van der Waals surface area contributed by atoms with Crippen molar-refractivity contribution in [3.63, 3.8) is 0 Å². The Balaban J connectivity index is 3.26. The molecule has 0 bridgehead atoms. The molecule has 0 aliphatic rings. The Morgan fingerprint density at radius 1 is 1.20 bits per heavy atom. The van der Waals surface area contributed by atoms with Crippen LogP contribution in [0.25, 0.3) is 0 Å². The predicted molar refractivity (Wildman–Crippen MR) is 75.5 cm³/mol. The van der Waals surface area contributed by atoms with E-state index in [0.717, 1.165) is 5.56 Å². The van der Waals surface area contributed by atoms with E-state index in [9.17, 15) is 13.2 Å². The third-order valence-corrected chi connectivity index (χ3v) is 5.09. The van der Waals surface area contributed by atoms with Crippen LogP contribution in [0.1, 0.15) is 31.4 Å². The van der Waals surface area contributed by atoms with Gasteiger partial charge in [-0.3, -0.25) is 4.79 Å². The van der Waals surface area contributed by atoms with Crippen LogP contribution < -0.4 is 0 Å². The first kappa shape index (κ1) is 16.7. The van der Waals surface area contributed by atoms with Crippen LogP contribution in [0.4, 0.5) is 0 Å². The Morgan fingerprint density at radius 3 is 2.30 bits per heavy atom. The molecule has 2 N–H and O–H groups in total. The molecular formula is C14H20O5S. The highest BCUT2D eigenvalue weighted by Gasteiger charge is 2.20. The summed E-state index contributed by atoms with van der Waals surface area (Å²) in [6, 6.07) is 4.67. The Hall–Kier alpha value is -1.40. The van der Waals surface area contributed by atoms with Gasteiger partial charge in [0, 0.05) is 6.61 Å². The van der Waals surface area contributed by atoms with Crippen LogP contribution in [0.15, 0.2) is 23.1 Å². The fourth-order valence-corrected chi connectivity index (χ4v) is 3.04. The van der Waals surface area contributed by atoms with E-state index < -0.39 is 21.1 Å². The van der Waals surface area contributed by atoms with Gasteiger partial charge in [0.05, 0.1) is 16.6 Å². The first-order valence-electron chi connectivity index (χ1n) is 6.46. The number of carboxylic acid groups (broad SMARTS) is 1. The van der Waals surface area contributed by atoms with Gasteiger partial charge in [-0.05, 0) is 49.9 Å². The lowest BCUT2D eigenvalue weighted by molar-refractivity contribution is -0.136. The molecule has 1 aromatic carbocycles. The summed E-state index contributed by atoms with van der Waals surface area (Å²) in [4.78, 5) is 11.0. The molecule has 6 heteroatoms. The molecule has 1 rings (SSSR count). The monoisotopic (exact) mass is 300 g/mol. The van der Waals surface area contributed by atoms with Gasteiger partial charge in [0.25, 0.3) is 0 Å². The van der Waals surface area contributed by atoms with Crippen LogP contribution >= 0.6 is 0 Å². The molecule has 5 nitrogen and oxygen atoms in total. The molecule has 0 spiro atoms. The molecule has 0 amide bonds. The second-order valence-corrected chi connectivity index (χ2v) is 7.48. The molecule has 0 unspecified atom stereocenters. The summed E-state index contributed by atoms with van der Waals surface area (Å²) in [5.41, 5.74) is 1.20. The van der Waals surface area contributed by atoms with Crippen LogP contribution in [0.2, 0.25) is 0 Å². The second kappa shape index (κ2) is 6.85. The maximum atomic E-state index is 12.2. The third-order valence-electron chi connectivity index (χ3n) is 2.95. The molecule has 0 saturated heterocycles. The third kappa shape index (κ3) is 4.31. The number of hydrogen-bond donors (Lipinski definition) is 2. The van der Waals surface area contributed by atoms with E-state index in [1.165, 1.54) is 6.07 Å². The van der Waals surface area contributed by atoms with Crippen molar-refractivity contribution >= 4 is 15.8 Å². The number of aryl methyl sites for hydroxylation is 1. The number of carbonyl (C=O) groups is 1. The van der Waals surface area contributed by atoms with Gasteiger partial charge in [0.2, 0.25) is 0 Å². The van der Waals surface area contributed by atoms with Crippen molar-refractivity contribution in [1.82, 2.24) is 0 Å². The molecule has 1 aromatic rings. The Morgan fingerprint density at radius 2 is 1.80 bits per heavy atom. The Kier molecular flexibility index (Phi) is 5.71. The average molecular weight is 300 g/mol. The minimum absolute atomic E-state index is 0.00935. The van der Waals surface area contributed by atoms with Crippen molar-refractivity contribution in [2.45, 2.75) is 43.3 Å². The first-order valence-corrected chi connectivity index (χ1v) is 8.01. The van der Waals surface area contributed by atoms with Crippen molar-refractivity contribution in [2.24, 2.45) is 0 Å². The summed E-state index contributed by atoms with van der Waals surface area (Å²) < 4.78 is 24.4. The van der Waals surface area contributed by atoms with Gasteiger partial charge in [-0.15, -0.1) is 0 Å². The van der Waals surface area contributed by atoms with Gasteiger partial charge in [-0.2, -0.15) is 0 Å². The second-order valence-electron chi connectivity index (χ2n) is 4.98.